The molecule has 166 valence electrons. The fraction of sp³-hybridized carbons (Fsp3) is 0.174. The van der Waals surface area contributed by atoms with Crippen LogP contribution in [0.1, 0.15) is 22.3 Å². The van der Waals surface area contributed by atoms with Gasteiger partial charge in [0.1, 0.15) is 0 Å². The quantitative estimate of drug-likeness (QED) is 0.389. The Morgan fingerprint density at radius 3 is 2.38 bits per heavy atom. The van der Waals surface area contributed by atoms with E-state index < -0.39 is 5.76 Å². The van der Waals surface area contributed by atoms with Crippen LogP contribution in [0.5, 0.6) is 0 Å². The van der Waals surface area contributed by atoms with Gasteiger partial charge >= 0.3 is 0 Å². The maximum Gasteiger partial charge on any atom is 0.288 e. The van der Waals surface area contributed by atoms with Crippen LogP contribution in [-0.2, 0) is 11.3 Å². The minimum absolute atomic E-state index is 0.148. The van der Waals surface area contributed by atoms with Crippen molar-refractivity contribution in [1.82, 2.24) is 15.6 Å². The smallest absolute Gasteiger partial charge is 0.288 e. The van der Waals surface area contributed by atoms with Gasteiger partial charge in [-0.25, -0.2) is 0 Å². The van der Waals surface area contributed by atoms with E-state index in [1.165, 1.54) is 0 Å². The van der Waals surface area contributed by atoms with Gasteiger partial charge in [0.2, 0.25) is 5.91 Å². The molecule has 2 aromatic carbocycles. The number of halogens is 2. The summed E-state index contributed by atoms with van der Waals surface area (Å²) in [6.07, 6.45) is 3.46. The fourth-order valence-corrected chi connectivity index (χ4v) is 3.34. The van der Waals surface area contributed by atoms with E-state index in [0.717, 1.165) is 5.56 Å². The van der Waals surface area contributed by atoms with Crippen molar-refractivity contribution in [2.24, 2.45) is 0 Å². The number of benzene rings is 2. The maximum absolute atomic E-state index is 12.6. The minimum Gasteiger partial charge on any atom is -0.355 e. The van der Waals surface area contributed by atoms with Crippen LogP contribution in [0.15, 0.2) is 78.0 Å². The van der Waals surface area contributed by atoms with Crippen LogP contribution in [0, 0.1) is 0 Å². The Balaban J connectivity index is 1.51. The summed E-state index contributed by atoms with van der Waals surface area (Å²) in [5.41, 5.74) is 2.59. The SMILES string of the molecule is O=C(CCNC(=O)c1ccccc1Nc1ccc(SC(F)F)cc1)NCc1ccncc1. The van der Waals surface area contributed by atoms with Crippen LogP contribution >= 0.6 is 11.8 Å². The third-order valence-corrected chi connectivity index (χ3v) is 5.13. The number of rotatable bonds is 10. The van der Waals surface area contributed by atoms with Gasteiger partial charge in [-0.2, -0.15) is 8.78 Å². The van der Waals surface area contributed by atoms with E-state index in [0.29, 0.717) is 40.1 Å². The van der Waals surface area contributed by atoms with Crippen molar-refractivity contribution in [3.05, 3.63) is 84.2 Å². The number of pyridine rings is 1. The number of amides is 2. The average molecular weight is 457 g/mol. The zero-order chi connectivity index (χ0) is 22.8. The molecule has 0 saturated heterocycles. The fourth-order valence-electron chi connectivity index (χ4n) is 2.84. The van der Waals surface area contributed by atoms with Gasteiger partial charge in [-0.05, 0) is 54.1 Å². The van der Waals surface area contributed by atoms with Crippen molar-refractivity contribution in [2.75, 3.05) is 11.9 Å². The Morgan fingerprint density at radius 1 is 0.938 bits per heavy atom. The van der Waals surface area contributed by atoms with Crippen LogP contribution < -0.4 is 16.0 Å². The van der Waals surface area contributed by atoms with Gasteiger partial charge < -0.3 is 16.0 Å². The first-order valence-corrected chi connectivity index (χ1v) is 10.7. The molecule has 1 aromatic heterocycles. The molecule has 0 aliphatic rings. The molecule has 0 spiro atoms. The average Bonchev–Trinajstić information content (AvgIpc) is 2.79. The Labute approximate surface area is 188 Å². The molecule has 1 heterocycles. The lowest BCUT2D eigenvalue weighted by Gasteiger charge is -2.13. The molecule has 0 aliphatic heterocycles. The molecule has 0 bridgehead atoms. The predicted octanol–water partition coefficient (Wildman–Crippen LogP) is 4.58. The number of nitrogens with zero attached hydrogens (tertiary/aromatic N) is 1. The molecule has 3 N–H and O–H groups in total. The van der Waals surface area contributed by atoms with Crippen molar-refractivity contribution in [3.63, 3.8) is 0 Å². The molecule has 9 heteroatoms. The van der Waals surface area contributed by atoms with E-state index >= 15 is 0 Å². The highest BCUT2D eigenvalue weighted by atomic mass is 32.2. The number of para-hydroxylation sites is 1. The summed E-state index contributed by atoms with van der Waals surface area (Å²) in [6, 6.07) is 17.1. The summed E-state index contributed by atoms with van der Waals surface area (Å²) in [6.45, 7) is 0.589. The Morgan fingerprint density at radius 2 is 1.66 bits per heavy atom. The summed E-state index contributed by atoms with van der Waals surface area (Å²) in [4.78, 5) is 29.0. The van der Waals surface area contributed by atoms with Gasteiger partial charge in [-0.1, -0.05) is 23.9 Å². The second kappa shape index (κ2) is 11.8. The molecule has 6 nitrogen and oxygen atoms in total. The minimum atomic E-state index is -2.48. The third-order valence-electron chi connectivity index (χ3n) is 4.41. The highest BCUT2D eigenvalue weighted by Gasteiger charge is 2.12. The molecule has 0 saturated carbocycles. The van der Waals surface area contributed by atoms with Crippen LogP contribution in [0.2, 0.25) is 0 Å². The number of alkyl halides is 2. The van der Waals surface area contributed by atoms with Gasteiger partial charge in [0.05, 0.1) is 11.3 Å². The van der Waals surface area contributed by atoms with Crippen LogP contribution in [0.3, 0.4) is 0 Å². The Kier molecular flexibility index (Phi) is 8.56. The largest absolute Gasteiger partial charge is 0.355 e. The molecule has 3 rings (SSSR count). The lowest BCUT2D eigenvalue weighted by atomic mass is 10.1. The highest BCUT2D eigenvalue weighted by Crippen LogP contribution is 2.27. The summed E-state index contributed by atoms with van der Waals surface area (Å²) in [5, 5.41) is 8.67. The van der Waals surface area contributed by atoms with Crippen LogP contribution in [0.25, 0.3) is 0 Å². The molecule has 0 unspecified atom stereocenters. The number of hydrogen-bond donors (Lipinski definition) is 3. The lowest BCUT2D eigenvalue weighted by molar-refractivity contribution is -0.121. The van der Waals surface area contributed by atoms with Gasteiger partial charge in [0, 0.05) is 42.5 Å². The van der Waals surface area contributed by atoms with Gasteiger partial charge in [-0.15, -0.1) is 0 Å². The van der Waals surface area contributed by atoms with Gasteiger partial charge in [0.25, 0.3) is 11.7 Å². The third kappa shape index (κ3) is 7.35. The maximum atomic E-state index is 12.6. The Hall–Kier alpha value is -3.46. The zero-order valence-corrected chi connectivity index (χ0v) is 17.9. The molecule has 3 aromatic rings. The van der Waals surface area contributed by atoms with E-state index in [-0.39, 0.29) is 24.8 Å². The lowest BCUT2D eigenvalue weighted by Crippen LogP contribution is -2.30. The molecule has 0 fully saturated rings. The van der Waals surface area contributed by atoms with Crippen molar-refractivity contribution >= 4 is 35.0 Å². The topological polar surface area (TPSA) is 83.1 Å². The van der Waals surface area contributed by atoms with E-state index in [4.69, 9.17) is 0 Å². The molecule has 0 atom stereocenters. The van der Waals surface area contributed by atoms with Crippen molar-refractivity contribution in [3.8, 4) is 0 Å². The van der Waals surface area contributed by atoms with Crippen LogP contribution in [-0.4, -0.2) is 29.1 Å². The molecule has 32 heavy (non-hydrogen) atoms. The number of carbonyl (C=O) groups excluding carboxylic acids is 2. The van der Waals surface area contributed by atoms with Gasteiger partial charge in [-0.3, -0.25) is 14.6 Å². The van der Waals surface area contributed by atoms with Crippen molar-refractivity contribution in [2.45, 2.75) is 23.6 Å². The highest BCUT2D eigenvalue weighted by molar-refractivity contribution is 7.99. The molecular formula is C23H22F2N4O2S. The summed E-state index contributed by atoms with van der Waals surface area (Å²) >= 11 is 0.474. The summed E-state index contributed by atoms with van der Waals surface area (Å²) in [5.74, 6) is -2.97. The van der Waals surface area contributed by atoms with Crippen molar-refractivity contribution < 1.29 is 18.4 Å². The zero-order valence-electron chi connectivity index (χ0n) is 17.1. The molecule has 2 amide bonds. The number of anilines is 2. The first-order chi connectivity index (χ1) is 15.5. The van der Waals surface area contributed by atoms with Crippen LogP contribution in [0.4, 0.5) is 20.2 Å². The number of carbonyl (C=O) groups is 2. The Bertz CT molecular complexity index is 1030. The first-order valence-electron chi connectivity index (χ1n) is 9.86. The number of aromatic nitrogens is 1. The normalized spacial score (nSPS) is 10.6. The second-order valence-corrected chi connectivity index (χ2v) is 7.78. The number of hydrogen-bond acceptors (Lipinski definition) is 5. The molecular weight excluding hydrogens is 434 g/mol. The summed E-state index contributed by atoms with van der Waals surface area (Å²) in [7, 11) is 0. The predicted molar refractivity (Wildman–Crippen MR) is 121 cm³/mol. The number of thioether (sulfide) groups is 1. The number of nitrogens with one attached hydrogen (secondary N) is 3. The van der Waals surface area contributed by atoms with E-state index in [2.05, 4.69) is 20.9 Å². The second-order valence-electron chi connectivity index (χ2n) is 6.71. The molecule has 0 radical (unpaired) electrons. The van der Waals surface area contributed by atoms with Crippen molar-refractivity contribution in [1.29, 1.82) is 0 Å². The van der Waals surface area contributed by atoms with E-state index in [9.17, 15) is 18.4 Å². The first kappa shape index (κ1) is 23.2. The monoisotopic (exact) mass is 456 g/mol. The standard InChI is InChI=1S/C23H22F2N4O2S/c24-23(25)32-18-7-5-17(6-8-18)29-20-4-2-1-3-19(20)22(31)27-14-11-21(30)28-15-16-9-12-26-13-10-16/h1-10,12-13,23,29H,11,14-15H2,(H,27,31)(H,28,30). The van der Waals surface area contributed by atoms with E-state index in [1.807, 2.05) is 12.1 Å². The van der Waals surface area contributed by atoms with E-state index in [1.54, 1.807) is 60.9 Å². The van der Waals surface area contributed by atoms with Gasteiger partial charge in [0.15, 0.2) is 0 Å². The summed E-state index contributed by atoms with van der Waals surface area (Å²) < 4.78 is 24.9. The molecule has 0 aliphatic carbocycles.